The van der Waals surface area contributed by atoms with Crippen molar-refractivity contribution in [2.24, 2.45) is 11.8 Å². The second-order valence-corrected chi connectivity index (χ2v) is 7.10. The van der Waals surface area contributed by atoms with Gasteiger partial charge in [-0.1, -0.05) is 58.1 Å². The van der Waals surface area contributed by atoms with Gasteiger partial charge in [0, 0.05) is 18.9 Å². The van der Waals surface area contributed by atoms with Crippen LogP contribution in [0.4, 0.5) is 0 Å². The maximum atomic E-state index is 12.7. The molecule has 1 aliphatic heterocycles. The quantitative estimate of drug-likeness (QED) is 0.704. The summed E-state index contributed by atoms with van der Waals surface area (Å²) in [5, 5.41) is 0. The second-order valence-electron chi connectivity index (χ2n) is 5.45. The van der Waals surface area contributed by atoms with Crippen molar-refractivity contribution in [1.29, 1.82) is 0 Å². The summed E-state index contributed by atoms with van der Waals surface area (Å²) in [5.41, 5.74) is 0. The molecule has 1 aliphatic rings. The number of carbonyl (C=O) groups is 1. The molecule has 1 saturated heterocycles. The number of methoxy groups -OCH3 is 1. The van der Waals surface area contributed by atoms with Crippen molar-refractivity contribution in [3.05, 3.63) is 0 Å². The Morgan fingerprint density at radius 3 is 2.63 bits per heavy atom. The fourth-order valence-corrected chi connectivity index (χ4v) is 4.06. The van der Waals surface area contributed by atoms with Crippen LogP contribution >= 0.6 is 24.0 Å². The predicted octanol–water partition coefficient (Wildman–Crippen LogP) is 3.32. The van der Waals surface area contributed by atoms with Crippen molar-refractivity contribution in [2.45, 2.75) is 52.7 Å². The minimum atomic E-state index is -0.136. The van der Waals surface area contributed by atoms with Crippen LogP contribution in [-0.2, 0) is 9.53 Å². The normalized spacial score (nSPS) is 22.9. The Morgan fingerprint density at radius 2 is 2.16 bits per heavy atom. The summed E-state index contributed by atoms with van der Waals surface area (Å²) in [6.45, 7) is 8.35. The lowest BCUT2D eigenvalue weighted by Crippen LogP contribution is -2.46. The van der Waals surface area contributed by atoms with Crippen LogP contribution < -0.4 is 0 Å². The van der Waals surface area contributed by atoms with E-state index in [2.05, 4.69) is 20.8 Å². The lowest BCUT2D eigenvalue weighted by molar-refractivity contribution is -0.137. The van der Waals surface area contributed by atoms with E-state index in [1.165, 1.54) is 0 Å². The molecule has 0 bridgehead atoms. The number of hydrogen-bond acceptors (Lipinski definition) is 4. The largest absolute Gasteiger partial charge is 0.381 e. The Kier molecular flexibility index (Phi) is 6.77. The van der Waals surface area contributed by atoms with Crippen LogP contribution in [0.2, 0.25) is 0 Å². The summed E-state index contributed by atoms with van der Waals surface area (Å²) in [6.07, 6.45) is 1.91. The average Bonchev–Trinajstić information content (AvgIpc) is 2.76. The van der Waals surface area contributed by atoms with Crippen molar-refractivity contribution < 1.29 is 9.53 Å². The molecule has 0 radical (unpaired) electrons. The van der Waals surface area contributed by atoms with E-state index in [0.717, 1.165) is 22.9 Å². The lowest BCUT2D eigenvalue weighted by atomic mass is 9.97. The zero-order valence-corrected chi connectivity index (χ0v) is 14.1. The summed E-state index contributed by atoms with van der Waals surface area (Å²) in [7, 11) is 1.68. The molecule has 0 saturated carbocycles. The van der Waals surface area contributed by atoms with Crippen molar-refractivity contribution in [3.8, 4) is 0 Å². The standard InChI is InChI=1S/C14H25NO2S2/c1-6-7-12(17-5)10(4)13(16)15-11(9(2)3)8-19-14(15)18/h9-12H,6-8H2,1-5H3/t10-,11-,12-/m1/s1. The molecule has 1 heterocycles. The first kappa shape index (κ1) is 16.9. The number of ether oxygens (including phenoxy) is 1. The van der Waals surface area contributed by atoms with Crippen LogP contribution in [0, 0.1) is 11.8 Å². The molecule has 110 valence electrons. The number of thiocarbonyl (C=S) groups is 1. The maximum Gasteiger partial charge on any atom is 0.233 e. The van der Waals surface area contributed by atoms with E-state index in [-0.39, 0.29) is 24.0 Å². The zero-order chi connectivity index (χ0) is 14.6. The molecule has 19 heavy (non-hydrogen) atoms. The lowest BCUT2D eigenvalue weighted by Gasteiger charge is -2.31. The number of hydrogen-bond donors (Lipinski definition) is 0. The monoisotopic (exact) mass is 303 g/mol. The number of rotatable bonds is 6. The topological polar surface area (TPSA) is 29.5 Å². The van der Waals surface area contributed by atoms with Crippen LogP contribution in [0.15, 0.2) is 0 Å². The van der Waals surface area contributed by atoms with Crippen LogP contribution in [-0.4, -0.2) is 40.1 Å². The van der Waals surface area contributed by atoms with Crippen LogP contribution in [0.5, 0.6) is 0 Å². The number of nitrogens with zero attached hydrogens (tertiary/aromatic N) is 1. The third kappa shape index (κ3) is 3.92. The molecule has 0 aromatic rings. The molecule has 0 spiro atoms. The highest BCUT2D eigenvalue weighted by Crippen LogP contribution is 2.31. The Balaban J connectivity index is 2.81. The molecule has 5 heteroatoms. The third-order valence-corrected chi connectivity index (χ3v) is 5.24. The van der Waals surface area contributed by atoms with Gasteiger partial charge in [0.05, 0.1) is 12.0 Å². The highest BCUT2D eigenvalue weighted by molar-refractivity contribution is 8.23. The summed E-state index contributed by atoms with van der Waals surface area (Å²) in [5.74, 6) is 1.33. The van der Waals surface area contributed by atoms with E-state index in [4.69, 9.17) is 17.0 Å². The fraction of sp³-hybridized carbons (Fsp3) is 0.857. The van der Waals surface area contributed by atoms with Gasteiger partial charge in [0.15, 0.2) is 0 Å². The Hall–Kier alpha value is -0.130. The summed E-state index contributed by atoms with van der Waals surface area (Å²) in [6, 6.07) is 0.228. The highest BCUT2D eigenvalue weighted by Gasteiger charge is 2.39. The van der Waals surface area contributed by atoms with Gasteiger partial charge < -0.3 is 4.74 Å². The number of amides is 1. The van der Waals surface area contributed by atoms with Gasteiger partial charge in [0.1, 0.15) is 4.32 Å². The molecule has 0 N–H and O–H groups in total. The van der Waals surface area contributed by atoms with E-state index in [1.807, 2.05) is 11.8 Å². The molecule has 0 unspecified atom stereocenters. The third-order valence-electron chi connectivity index (χ3n) is 3.74. The van der Waals surface area contributed by atoms with Gasteiger partial charge in [-0.05, 0) is 12.3 Å². The first-order valence-electron chi connectivity index (χ1n) is 6.96. The van der Waals surface area contributed by atoms with Gasteiger partial charge in [0.25, 0.3) is 0 Å². The van der Waals surface area contributed by atoms with Crippen molar-refractivity contribution in [1.82, 2.24) is 4.90 Å². The van der Waals surface area contributed by atoms with E-state index in [0.29, 0.717) is 5.92 Å². The molecule has 3 atom stereocenters. The highest BCUT2D eigenvalue weighted by atomic mass is 32.2. The number of thioether (sulfide) groups is 1. The summed E-state index contributed by atoms with van der Waals surface area (Å²) in [4.78, 5) is 14.5. The first-order chi connectivity index (χ1) is 8.93. The van der Waals surface area contributed by atoms with E-state index in [1.54, 1.807) is 18.9 Å². The fourth-order valence-electron chi connectivity index (χ4n) is 2.42. The van der Waals surface area contributed by atoms with E-state index >= 15 is 0 Å². The number of carbonyl (C=O) groups excluding carboxylic acids is 1. The zero-order valence-electron chi connectivity index (χ0n) is 12.5. The maximum absolute atomic E-state index is 12.7. The van der Waals surface area contributed by atoms with Gasteiger partial charge in [-0.3, -0.25) is 9.69 Å². The van der Waals surface area contributed by atoms with Gasteiger partial charge in [0.2, 0.25) is 5.91 Å². The molecule has 1 amide bonds. The molecule has 0 aromatic heterocycles. The SMILES string of the molecule is CCC[C@@H](OC)[C@@H](C)C(=O)N1C(=S)SC[C@@H]1C(C)C. The molecular weight excluding hydrogens is 278 g/mol. The van der Waals surface area contributed by atoms with Crippen LogP contribution in [0.3, 0.4) is 0 Å². The van der Waals surface area contributed by atoms with Crippen molar-refractivity contribution >= 4 is 34.2 Å². The van der Waals surface area contributed by atoms with Crippen molar-refractivity contribution in [2.75, 3.05) is 12.9 Å². The Bertz CT molecular complexity index is 333. The molecule has 3 nitrogen and oxygen atoms in total. The van der Waals surface area contributed by atoms with E-state index in [9.17, 15) is 4.79 Å². The molecular formula is C14H25NO2S2. The molecule has 1 rings (SSSR count). The Morgan fingerprint density at radius 1 is 1.53 bits per heavy atom. The van der Waals surface area contributed by atoms with Gasteiger partial charge in [-0.25, -0.2) is 0 Å². The Labute approximate surface area is 126 Å². The van der Waals surface area contributed by atoms with Gasteiger partial charge in [-0.2, -0.15) is 0 Å². The second kappa shape index (κ2) is 7.60. The van der Waals surface area contributed by atoms with Crippen molar-refractivity contribution in [3.63, 3.8) is 0 Å². The average molecular weight is 303 g/mol. The minimum Gasteiger partial charge on any atom is -0.381 e. The van der Waals surface area contributed by atoms with Gasteiger partial charge >= 0.3 is 0 Å². The molecule has 1 fully saturated rings. The van der Waals surface area contributed by atoms with E-state index < -0.39 is 0 Å². The summed E-state index contributed by atoms with van der Waals surface area (Å²) < 4.78 is 6.19. The van der Waals surface area contributed by atoms with Crippen LogP contribution in [0.25, 0.3) is 0 Å². The first-order valence-corrected chi connectivity index (χ1v) is 8.36. The summed E-state index contributed by atoms with van der Waals surface area (Å²) >= 11 is 6.96. The van der Waals surface area contributed by atoms with Crippen LogP contribution in [0.1, 0.15) is 40.5 Å². The smallest absolute Gasteiger partial charge is 0.233 e. The molecule has 0 aromatic carbocycles. The predicted molar refractivity (Wildman–Crippen MR) is 85.4 cm³/mol. The van der Waals surface area contributed by atoms with Gasteiger partial charge in [-0.15, -0.1) is 0 Å². The molecule has 0 aliphatic carbocycles. The minimum absolute atomic E-state index is 0.0151.